The number of aryl methyl sites for hydroxylation is 1. The van der Waals surface area contributed by atoms with Gasteiger partial charge in [-0.25, -0.2) is 0 Å². The van der Waals surface area contributed by atoms with Crippen molar-refractivity contribution in [3.8, 4) is 0 Å². The van der Waals surface area contributed by atoms with Crippen LogP contribution in [-0.2, 0) is 16.0 Å². The number of likely N-dealkylation sites (tertiary alicyclic amines) is 1. The summed E-state index contributed by atoms with van der Waals surface area (Å²) in [6.07, 6.45) is 4.18. The second-order valence-electron chi connectivity index (χ2n) is 6.25. The number of fused-ring (bicyclic) bond motifs is 1. The zero-order valence-electron chi connectivity index (χ0n) is 11.6. The Bertz CT molecular complexity index is 511. The maximum Gasteiger partial charge on any atom is 0.229 e. The fraction of sp³-hybridized carbons (Fsp3) is 0.786. The highest BCUT2D eigenvalue weighted by molar-refractivity contribution is 5.81. The Morgan fingerprint density at radius 2 is 2.25 bits per heavy atom. The molecular weight excluding hydrogens is 258 g/mol. The first-order valence-electron chi connectivity index (χ1n) is 7.42. The summed E-state index contributed by atoms with van der Waals surface area (Å²) in [4.78, 5) is 18.3. The average molecular weight is 277 g/mol. The van der Waals surface area contributed by atoms with Gasteiger partial charge >= 0.3 is 0 Å². The van der Waals surface area contributed by atoms with Crippen LogP contribution in [0.15, 0.2) is 4.52 Å². The van der Waals surface area contributed by atoms with E-state index in [9.17, 15) is 4.79 Å². The molecule has 3 aliphatic rings. The van der Waals surface area contributed by atoms with E-state index >= 15 is 0 Å². The fourth-order valence-electron chi connectivity index (χ4n) is 3.38. The Morgan fingerprint density at radius 3 is 2.90 bits per heavy atom. The SMILES string of the molecule is Cc1noc(C[C@@H]2C[C@H]3CN(C(=O)C4CC4)C[C@H]3O2)n1. The zero-order valence-corrected chi connectivity index (χ0v) is 11.6. The number of ether oxygens (including phenoxy) is 1. The molecule has 1 aromatic rings. The normalized spacial score (nSPS) is 32.6. The highest BCUT2D eigenvalue weighted by atomic mass is 16.5. The number of hydrogen-bond donors (Lipinski definition) is 0. The molecule has 2 aliphatic heterocycles. The van der Waals surface area contributed by atoms with Gasteiger partial charge in [0.1, 0.15) is 0 Å². The van der Waals surface area contributed by atoms with Gasteiger partial charge in [0.05, 0.1) is 18.6 Å². The molecule has 108 valence electrons. The maximum absolute atomic E-state index is 12.1. The van der Waals surface area contributed by atoms with E-state index in [2.05, 4.69) is 10.1 Å². The van der Waals surface area contributed by atoms with Crippen LogP contribution in [0.25, 0.3) is 0 Å². The molecule has 0 spiro atoms. The third kappa shape index (κ3) is 2.22. The van der Waals surface area contributed by atoms with Crippen molar-refractivity contribution in [2.45, 2.75) is 44.8 Å². The van der Waals surface area contributed by atoms with E-state index in [4.69, 9.17) is 9.26 Å². The number of carbonyl (C=O) groups excluding carboxylic acids is 1. The van der Waals surface area contributed by atoms with Crippen molar-refractivity contribution < 1.29 is 14.1 Å². The molecule has 0 aromatic carbocycles. The largest absolute Gasteiger partial charge is 0.372 e. The lowest BCUT2D eigenvalue weighted by molar-refractivity contribution is -0.132. The van der Waals surface area contributed by atoms with Gasteiger partial charge in [-0.1, -0.05) is 5.16 Å². The van der Waals surface area contributed by atoms with Gasteiger partial charge in [0.2, 0.25) is 11.8 Å². The summed E-state index contributed by atoms with van der Waals surface area (Å²) in [6.45, 7) is 3.44. The van der Waals surface area contributed by atoms with E-state index in [1.54, 1.807) is 0 Å². The fourth-order valence-corrected chi connectivity index (χ4v) is 3.38. The van der Waals surface area contributed by atoms with Crippen LogP contribution in [0.2, 0.25) is 0 Å². The minimum atomic E-state index is 0.156. The summed E-state index contributed by atoms with van der Waals surface area (Å²) in [6, 6.07) is 0. The van der Waals surface area contributed by atoms with Crippen molar-refractivity contribution >= 4 is 5.91 Å². The lowest BCUT2D eigenvalue weighted by Gasteiger charge is -2.18. The van der Waals surface area contributed by atoms with E-state index in [0.29, 0.717) is 35.9 Å². The summed E-state index contributed by atoms with van der Waals surface area (Å²) in [5, 5.41) is 3.80. The molecule has 3 fully saturated rings. The van der Waals surface area contributed by atoms with Crippen LogP contribution in [0.3, 0.4) is 0 Å². The number of rotatable bonds is 3. The highest BCUT2D eigenvalue weighted by Crippen LogP contribution is 2.38. The van der Waals surface area contributed by atoms with Crippen molar-refractivity contribution in [1.29, 1.82) is 0 Å². The molecule has 0 unspecified atom stereocenters. The molecular formula is C14H19N3O3. The first-order valence-corrected chi connectivity index (χ1v) is 7.42. The Morgan fingerprint density at radius 1 is 1.40 bits per heavy atom. The van der Waals surface area contributed by atoms with Crippen molar-refractivity contribution in [2.75, 3.05) is 13.1 Å². The summed E-state index contributed by atoms with van der Waals surface area (Å²) < 4.78 is 11.2. The van der Waals surface area contributed by atoms with Gasteiger partial charge in [-0.15, -0.1) is 0 Å². The Labute approximate surface area is 117 Å². The second-order valence-corrected chi connectivity index (χ2v) is 6.25. The third-order valence-electron chi connectivity index (χ3n) is 4.52. The van der Waals surface area contributed by atoms with Gasteiger partial charge in [0.25, 0.3) is 0 Å². The van der Waals surface area contributed by atoms with Gasteiger partial charge in [-0.05, 0) is 26.2 Å². The number of nitrogens with zero attached hydrogens (tertiary/aromatic N) is 3. The van der Waals surface area contributed by atoms with Gasteiger partial charge in [-0.2, -0.15) is 4.98 Å². The minimum Gasteiger partial charge on any atom is -0.372 e. The smallest absolute Gasteiger partial charge is 0.229 e. The van der Waals surface area contributed by atoms with Crippen LogP contribution in [0.4, 0.5) is 0 Å². The molecule has 1 aromatic heterocycles. The Balaban J connectivity index is 1.33. The first kappa shape index (κ1) is 12.3. The molecule has 1 saturated carbocycles. The predicted octanol–water partition coefficient (Wildman–Crippen LogP) is 0.946. The van der Waals surface area contributed by atoms with Crippen molar-refractivity contribution in [2.24, 2.45) is 11.8 Å². The highest BCUT2D eigenvalue weighted by Gasteiger charge is 2.46. The molecule has 0 bridgehead atoms. The van der Waals surface area contributed by atoms with Crippen molar-refractivity contribution in [3.05, 3.63) is 11.7 Å². The molecule has 3 heterocycles. The van der Waals surface area contributed by atoms with Crippen LogP contribution >= 0.6 is 0 Å². The second kappa shape index (κ2) is 4.55. The summed E-state index contributed by atoms with van der Waals surface area (Å²) in [5.41, 5.74) is 0. The lowest BCUT2D eigenvalue weighted by Crippen LogP contribution is -2.32. The molecule has 6 nitrogen and oxygen atoms in total. The predicted molar refractivity (Wildman–Crippen MR) is 68.8 cm³/mol. The number of aromatic nitrogens is 2. The van der Waals surface area contributed by atoms with Gasteiger partial charge in [-0.3, -0.25) is 4.79 Å². The van der Waals surface area contributed by atoms with Crippen LogP contribution in [-0.4, -0.2) is 46.2 Å². The van der Waals surface area contributed by atoms with E-state index < -0.39 is 0 Å². The molecule has 0 radical (unpaired) electrons. The molecule has 4 rings (SSSR count). The summed E-state index contributed by atoms with van der Waals surface area (Å²) in [7, 11) is 0. The zero-order chi connectivity index (χ0) is 13.7. The summed E-state index contributed by atoms with van der Waals surface area (Å²) >= 11 is 0. The van der Waals surface area contributed by atoms with Gasteiger partial charge in [0.15, 0.2) is 5.82 Å². The van der Waals surface area contributed by atoms with E-state index in [1.807, 2.05) is 11.8 Å². The number of hydrogen-bond acceptors (Lipinski definition) is 5. The van der Waals surface area contributed by atoms with Crippen LogP contribution in [0.5, 0.6) is 0 Å². The number of amides is 1. The lowest BCUT2D eigenvalue weighted by atomic mass is 10.0. The van der Waals surface area contributed by atoms with E-state index in [0.717, 1.165) is 32.4 Å². The van der Waals surface area contributed by atoms with Crippen LogP contribution < -0.4 is 0 Å². The molecule has 3 atom stereocenters. The van der Waals surface area contributed by atoms with Crippen LogP contribution in [0, 0.1) is 18.8 Å². The Kier molecular flexibility index (Phi) is 2.80. The van der Waals surface area contributed by atoms with Crippen LogP contribution in [0.1, 0.15) is 31.0 Å². The van der Waals surface area contributed by atoms with Crippen molar-refractivity contribution in [1.82, 2.24) is 15.0 Å². The first-order chi connectivity index (χ1) is 9.69. The quantitative estimate of drug-likeness (QED) is 0.822. The third-order valence-corrected chi connectivity index (χ3v) is 4.52. The average Bonchev–Trinajstić information content (AvgIpc) is 2.92. The topological polar surface area (TPSA) is 68.5 Å². The van der Waals surface area contributed by atoms with Gasteiger partial charge < -0.3 is 14.2 Å². The summed E-state index contributed by atoms with van der Waals surface area (Å²) in [5.74, 6) is 2.45. The van der Waals surface area contributed by atoms with E-state index in [1.165, 1.54) is 0 Å². The van der Waals surface area contributed by atoms with Gasteiger partial charge in [0, 0.05) is 24.9 Å². The molecule has 1 aliphatic carbocycles. The molecule has 1 amide bonds. The minimum absolute atomic E-state index is 0.156. The monoisotopic (exact) mass is 277 g/mol. The Hall–Kier alpha value is -1.43. The molecule has 6 heteroatoms. The molecule has 0 N–H and O–H groups in total. The number of carbonyl (C=O) groups is 1. The van der Waals surface area contributed by atoms with Crippen molar-refractivity contribution in [3.63, 3.8) is 0 Å². The van der Waals surface area contributed by atoms with E-state index in [-0.39, 0.29) is 12.2 Å². The maximum atomic E-state index is 12.1. The molecule has 20 heavy (non-hydrogen) atoms. The molecule has 2 saturated heterocycles. The standard InChI is InChI=1S/C14H19N3O3/c1-8-15-13(20-16-8)5-11-4-10-6-17(7-12(10)19-11)14(18)9-2-3-9/h9-12H,2-7H2,1H3/t10-,11-,12+/m0/s1.